The first-order chi connectivity index (χ1) is 8.33. The van der Waals surface area contributed by atoms with Gasteiger partial charge in [0.15, 0.2) is 6.29 Å². The van der Waals surface area contributed by atoms with Crippen LogP contribution in [0.4, 0.5) is 17.1 Å². The van der Waals surface area contributed by atoms with E-state index in [9.17, 15) is 0 Å². The molecule has 3 rings (SSSR count). The highest BCUT2D eigenvalue weighted by Crippen LogP contribution is 2.28. The molecule has 0 saturated carbocycles. The van der Waals surface area contributed by atoms with E-state index in [-0.39, 0.29) is 6.29 Å². The second kappa shape index (κ2) is 4.01. The maximum Gasteiger partial charge on any atom is 0.173 e. The Hall–Kier alpha value is -2.16. The molecule has 1 aliphatic rings. The molecular weight excluding hydrogens is 210 g/mol. The fourth-order valence-electron chi connectivity index (χ4n) is 2.04. The van der Waals surface area contributed by atoms with Crippen molar-refractivity contribution in [2.75, 3.05) is 16.0 Å². The number of aryl methyl sites for hydroxylation is 1. The summed E-state index contributed by atoms with van der Waals surface area (Å²) in [5.41, 5.74) is 4.66. The normalized spacial score (nSPS) is 13.7. The van der Waals surface area contributed by atoms with E-state index in [1.165, 1.54) is 5.56 Å². The molecule has 17 heavy (non-hydrogen) atoms. The van der Waals surface area contributed by atoms with Crippen LogP contribution < -0.4 is 16.0 Å². The molecule has 2 aromatic rings. The summed E-state index contributed by atoms with van der Waals surface area (Å²) >= 11 is 0. The van der Waals surface area contributed by atoms with E-state index in [0.717, 1.165) is 17.1 Å². The van der Waals surface area contributed by atoms with Crippen molar-refractivity contribution in [2.45, 2.75) is 13.2 Å². The van der Waals surface area contributed by atoms with E-state index in [1.807, 2.05) is 24.3 Å². The zero-order valence-electron chi connectivity index (χ0n) is 9.70. The summed E-state index contributed by atoms with van der Waals surface area (Å²) in [5.74, 6) is 0. The van der Waals surface area contributed by atoms with Crippen molar-refractivity contribution in [3.8, 4) is 0 Å². The number of rotatable bonds is 2. The average molecular weight is 225 g/mol. The number of benzene rings is 2. The van der Waals surface area contributed by atoms with Crippen LogP contribution >= 0.6 is 0 Å². The Morgan fingerprint density at radius 3 is 2.12 bits per heavy atom. The lowest BCUT2D eigenvalue weighted by atomic mass is 10.2. The molecule has 1 aliphatic heterocycles. The van der Waals surface area contributed by atoms with Crippen LogP contribution in [-0.2, 0) is 0 Å². The molecule has 0 radical (unpaired) electrons. The average Bonchev–Trinajstić information content (AvgIpc) is 2.74. The molecular formula is C14H15N3. The maximum atomic E-state index is 3.43. The number of anilines is 3. The first kappa shape index (κ1) is 10.0. The summed E-state index contributed by atoms with van der Waals surface area (Å²) in [7, 11) is 0. The van der Waals surface area contributed by atoms with Gasteiger partial charge in [0, 0.05) is 5.69 Å². The van der Waals surface area contributed by atoms with Gasteiger partial charge in [-0.2, -0.15) is 0 Å². The van der Waals surface area contributed by atoms with Gasteiger partial charge in [0.2, 0.25) is 0 Å². The van der Waals surface area contributed by atoms with Gasteiger partial charge < -0.3 is 16.0 Å². The van der Waals surface area contributed by atoms with Crippen molar-refractivity contribution in [1.29, 1.82) is 0 Å². The molecule has 3 nitrogen and oxygen atoms in total. The third-order valence-electron chi connectivity index (χ3n) is 2.97. The minimum atomic E-state index is 0.0495. The molecule has 0 fully saturated rings. The molecule has 3 N–H and O–H groups in total. The Labute approximate surface area is 101 Å². The van der Waals surface area contributed by atoms with Gasteiger partial charge in [0.25, 0.3) is 0 Å². The van der Waals surface area contributed by atoms with Gasteiger partial charge in [0.1, 0.15) is 0 Å². The molecule has 0 saturated heterocycles. The predicted octanol–water partition coefficient (Wildman–Crippen LogP) is 3.23. The van der Waals surface area contributed by atoms with Gasteiger partial charge in [-0.15, -0.1) is 0 Å². The molecule has 1 heterocycles. The molecule has 0 bridgehead atoms. The highest BCUT2D eigenvalue weighted by atomic mass is 15.3. The lowest BCUT2D eigenvalue weighted by Crippen LogP contribution is -2.31. The number of hydrogen-bond acceptors (Lipinski definition) is 3. The minimum absolute atomic E-state index is 0.0495. The lowest BCUT2D eigenvalue weighted by molar-refractivity contribution is 0.969. The van der Waals surface area contributed by atoms with Crippen molar-refractivity contribution < 1.29 is 0 Å². The number of para-hydroxylation sites is 3. The molecule has 0 unspecified atom stereocenters. The zero-order chi connectivity index (χ0) is 11.7. The molecule has 0 amide bonds. The number of fused-ring (bicyclic) bond motifs is 1. The first-order valence-corrected chi connectivity index (χ1v) is 5.77. The molecule has 0 atom stereocenters. The van der Waals surface area contributed by atoms with E-state index in [1.54, 1.807) is 0 Å². The number of nitrogens with one attached hydrogen (secondary N) is 3. The van der Waals surface area contributed by atoms with Crippen LogP contribution in [-0.4, -0.2) is 6.29 Å². The first-order valence-electron chi connectivity index (χ1n) is 5.77. The topological polar surface area (TPSA) is 36.1 Å². The van der Waals surface area contributed by atoms with Gasteiger partial charge in [-0.1, -0.05) is 30.3 Å². The lowest BCUT2D eigenvalue weighted by Gasteiger charge is -2.17. The predicted molar refractivity (Wildman–Crippen MR) is 72.3 cm³/mol. The van der Waals surface area contributed by atoms with Crippen LogP contribution in [0.5, 0.6) is 0 Å². The zero-order valence-corrected chi connectivity index (χ0v) is 9.70. The van der Waals surface area contributed by atoms with Gasteiger partial charge in [-0.05, 0) is 30.7 Å². The Kier molecular flexibility index (Phi) is 2.37. The quantitative estimate of drug-likeness (QED) is 0.734. The second-order valence-electron chi connectivity index (χ2n) is 4.23. The summed E-state index contributed by atoms with van der Waals surface area (Å²) in [6.45, 7) is 2.10. The van der Waals surface area contributed by atoms with Gasteiger partial charge >= 0.3 is 0 Å². The minimum Gasteiger partial charge on any atom is -0.348 e. The molecule has 86 valence electrons. The van der Waals surface area contributed by atoms with Crippen LogP contribution in [0, 0.1) is 6.92 Å². The summed E-state index contributed by atoms with van der Waals surface area (Å²) in [5, 5.41) is 10.2. The van der Waals surface area contributed by atoms with E-state index in [4.69, 9.17) is 0 Å². The SMILES string of the molecule is Cc1ccccc1NC1Nc2ccccc2N1. The smallest absolute Gasteiger partial charge is 0.173 e. The monoisotopic (exact) mass is 225 g/mol. The Morgan fingerprint density at radius 1 is 0.882 bits per heavy atom. The Bertz CT molecular complexity index is 511. The molecule has 2 aromatic carbocycles. The van der Waals surface area contributed by atoms with Crippen molar-refractivity contribution >= 4 is 17.1 Å². The van der Waals surface area contributed by atoms with Crippen LogP contribution in [0.25, 0.3) is 0 Å². The highest BCUT2D eigenvalue weighted by Gasteiger charge is 2.18. The van der Waals surface area contributed by atoms with Crippen LogP contribution in [0.1, 0.15) is 5.56 Å². The van der Waals surface area contributed by atoms with E-state index in [0.29, 0.717) is 0 Å². The standard InChI is InChI=1S/C14H15N3/c1-10-6-2-3-7-11(10)15-14-16-12-8-4-5-9-13(12)17-14/h2-9,14-17H,1H3. The van der Waals surface area contributed by atoms with Crippen LogP contribution in [0.2, 0.25) is 0 Å². The fraction of sp³-hybridized carbons (Fsp3) is 0.143. The van der Waals surface area contributed by atoms with Gasteiger partial charge in [-0.25, -0.2) is 0 Å². The number of hydrogen-bond donors (Lipinski definition) is 3. The third kappa shape index (κ3) is 1.91. The molecule has 0 aliphatic carbocycles. The van der Waals surface area contributed by atoms with Crippen molar-refractivity contribution in [3.63, 3.8) is 0 Å². The van der Waals surface area contributed by atoms with Crippen molar-refractivity contribution in [3.05, 3.63) is 54.1 Å². The van der Waals surface area contributed by atoms with Crippen LogP contribution in [0.15, 0.2) is 48.5 Å². The molecule has 0 spiro atoms. The van der Waals surface area contributed by atoms with Crippen LogP contribution in [0.3, 0.4) is 0 Å². The summed E-state index contributed by atoms with van der Waals surface area (Å²) < 4.78 is 0. The van der Waals surface area contributed by atoms with E-state index >= 15 is 0 Å². The van der Waals surface area contributed by atoms with Crippen molar-refractivity contribution in [1.82, 2.24) is 0 Å². The maximum absolute atomic E-state index is 3.43. The molecule has 0 aromatic heterocycles. The second-order valence-corrected chi connectivity index (χ2v) is 4.23. The highest BCUT2D eigenvalue weighted by molar-refractivity contribution is 5.75. The van der Waals surface area contributed by atoms with E-state index < -0.39 is 0 Å². The Morgan fingerprint density at radius 2 is 1.47 bits per heavy atom. The summed E-state index contributed by atoms with van der Waals surface area (Å²) in [6.07, 6.45) is 0.0495. The van der Waals surface area contributed by atoms with Gasteiger partial charge in [-0.3, -0.25) is 0 Å². The molecule has 3 heteroatoms. The van der Waals surface area contributed by atoms with Gasteiger partial charge in [0.05, 0.1) is 11.4 Å². The van der Waals surface area contributed by atoms with E-state index in [2.05, 4.69) is 47.1 Å². The Balaban J connectivity index is 1.76. The third-order valence-corrected chi connectivity index (χ3v) is 2.97. The largest absolute Gasteiger partial charge is 0.348 e. The summed E-state index contributed by atoms with van der Waals surface area (Å²) in [4.78, 5) is 0. The van der Waals surface area contributed by atoms with Crippen molar-refractivity contribution in [2.24, 2.45) is 0 Å². The fourth-order valence-corrected chi connectivity index (χ4v) is 2.04. The summed E-state index contributed by atoms with van der Waals surface area (Å²) in [6, 6.07) is 16.5.